The van der Waals surface area contributed by atoms with Crippen molar-refractivity contribution in [3.63, 3.8) is 0 Å². The van der Waals surface area contributed by atoms with E-state index in [1.807, 2.05) is 15.9 Å². The van der Waals surface area contributed by atoms with Crippen LogP contribution in [0.4, 0.5) is 0 Å². The van der Waals surface area contributed by atoms with Gasteiger partial charge in [-0.05, 0) is 31.2 Å². The summed E-state index contributed by atoms with van der Waals surface area (Å²) in [5.74, 6) is 0.634. The van der Waals surface area contributed by atoms with Crippen LogP contribution in [-0.4, -0.2) is 69.8 Å². The molecule has 7 nitrogen and oxygen atoms in total. The lowest BCUT2D eigenvalue weighted by Gasteiger charge is -2.47. The van der Waals surface area contributed by atoms with Crippen molar-refractivity contribution in [2.45, 2.75) is 37.8 Å². The fourth-order valence-electron chi connectivity index (χ4n) is 4.09. The first-order valence-electron chi connectivity index (χ1n) is 8.80. The number of rotatable bonds is 4. The van der Waals surface area contributed by atoms with Gasteiger partial charge >= 0.3 is 0 Å². The fourth-order valence-corrected chi connectivity index (χ4v) is 4.09. The van der Waals surface area contributed by atoms with Gasteiger partial charge in [0.05, 0.1) is 19.7 Å². The van der Waals surface area contributed by atoms with Gasteiger partial charge in [0.25, 0.3) is 0 Å². The molecule has 1 unspecified atom stereocenters. The maximum atomic E-state index is 12.3. The lowest BCUT2D eigenvalue weighted by Crippen LogP contribution is -2.63. The summed E-state index contributed by atoms with van der Waals surface area (Å²) in [6, 6.07) is 1.81. The molecule has 130 valence electrons. The number of hydrogen-bond donors (Lipinski definition) is 0. The summed E-state index contributed by atoms with van der Waals surface area (Å²) in [4.78, 5) is 28.3. The third kappa shape index (κ3) is 3.05. The largest absolute Gasteiger partial charge is 0.371 e. The highest BCUT2D eigenvalue weighted by Crippen LogP contribution is 2.39. The lowest BCUT2D eigenvalue weighted by atomic mass is 9.85. The number of carbonyl (C=O) groups is 2. The van der Waals surface area contributed by atoms with Gasteiger partial charge in [-0.2, -0.15) is 5.10 Å². The number of hydrogen-bond acceptors (Lipinski definition) is 4. The Balaban J connectivity index is 1.24. The summed E-state index contributed by atoms with van der Waals surface area (Å²) in [6.07, 6.45) is 7.20. The summed E-state index contributed by atoms with van der Waals surface area (Å²) in [6.45, 7) is 4.02. The van der Waals surface area contributed by atoms with E-state index in [0.717, 1.165) is 32.4 Å². The Morgan fingerprint density at radius 3 is 2.67 bits per heavy atom. The molecule has 24 heavy (non-hydrogen) atoms. The van der Waals surface area contributed by atoms with Crippen molar-refractivity contribution in [3.8, 4) is 0 Å². The third-order valence-electron chi connectivity index (χ3n) is 5.38. The van der Waals surface area contributed by atoms with Crippen molar-refractivity contribution in [2.24, 2.45) is 5.92 Å². The van der Waals surface area contributed by atoms with Crippen LogP contribution in [-0.2, 0) is 20.9 Å². The van der Waals surface area contributed by atoms with Gasteiger partial charge in [-0.1, -0.05) is 0 Å². The average molecular weight is 332 g/mol. The van der Waals surface area contributed by atoms with Gasteiger partial charge < -0.3 is 14.5 Å². The zero-order valence-electron chi connectivity index (χ0n) is 13.9. The van der Waals surface area contributed by atoms with E-state index in [4.69, 9.17) is 4.74 Å². The monoisotopic (exact) mass is 332 g/mol. The highest BCUT2D eigenvalue weighted by molar-refractivity contribution is 5.77. The minimum atomic E-state index is -0.213. The van der Waals surface area contributed by atoms with Gasteiger partial charge in [0.2, 0.25) is 11.8 Å². The molecule has 0 saturated carbocycles. The van der Waals surface area contributed by atoms with Crippen LogP contribution < -0.4 is 0 Å². The Bertz CT molecular complexity index is 603. The Morgan fingerprint density at radius 1 is 1.17 bits per heavy atom. The summed E-state index contributed by atoms with van der Waals surface area (Å²) < 4.78 is 7.62. The zero-order chi connectivity index (χ0) is 16.6. The Labute approximate surface area is 141 Å². The summed E-state index contributed by atoms with van der Waals surface area (Å²) in [7, 11) is 0. The molecule has 3 saturated heterocycles. The number of aromatic nitrogens is 2. The van der Waals surface area contributed by atoms with E-state index < -0.39 is 0 Å². The van der Waals surface area contributed by atoms with Gasteiger partial charge in [-0.3, -0.25) is 14.3 Å². The molecule has 3 aliphatic rings. The fraction of sp³-hybridized carbons (Fsp3) is 0.706. The van der Waals surface area contributed by atoms with E-state index in [9.17, 15) is 9.59 Å². The smallest absolute Gasteiger partial charge is 0.244 e. The second kappa shape index (κ2) is 6.20. The molecule has 0 bridgehead atoms. The van der Waals surface area contributed by atoms with E-state index in [1.54, 1.807) is 17.1 Å². The van der Waals surface area contributed by atoms with Crippen LogP contribution in [0, 0.1) is 5.92 Å². The van der Waals surface area contributed by atoms with E-state index in [0.29, 0.717) is 32.0 Å². The molecule has 0 aromatic carbocycles. The standard InChI is InChI=1S/C17H24N4O3/c22-15(19-5-1-2-6-19)8-14-9-17(24-11-14)12-20(13-17)16(23)10-21-7-3-4-18-21/h3-4,7,14H,1-2,5-6,8-13H2. The van der Waals surface area contributed by atoms with Gasteiger partial charge in [-0.25, -0.2) is 0 Å². The van der Waals surface area contributed by atoms with Gasteiger partial charge in [0.15, 0.2) is 0 Å². The number of amides is 2. The molecule has 0 aliphatic carbocycles. The highest BCUT2D eigenvalue weighted by Gasteiger charge is 2.51. The molecule has 1 spiro atoms. The van der Waals surface area contributed by atoms with Crippen LogP contribution in [0.25, 0.3) is 0 Å². The second-order valence-corrected chi connectivity index (χ2v) is 7.31. The maximum Gasteiger partial charge on any atom is 0.244 e. The Hall–Kier alpha value is -1.89. The summed E-state index contributed by atoms with van der Waals surface area (Å²) in [5.41, 5.74) is -0.213. The maximum absolute atomic E-state index is 12.3. The summed E-state index contributed by atoms with van der Waals surface area (Å²) >= 11 is 0. The predicted molar refractivity (Wildman–Crippen MR) is 86.0 cm³/mol. The SMILES string of the molecule is O=C(CC1COC2(C1)CN(C(=O)Cn1cccn1)C2)N1CCCC1. The van der Waals surface area contributed by atoms with Crippen molar-refractivity contribution in [1.82, 2.24) is 19.6 Å². The molecular formula is C17H24N4O3. The number of nitrogens with zero attached hydrogens (tertiary/aromatic N) is 4. The minimum absolute atomic E-state index is 0.0736. The molecule has 2 amide bonds. The topological polar surface area (TPSA) is 67.7 Å². The molecule has 0 radical (unpaired) electrons. The van der Waals surface area contributed by atoms with Crippen LogP contribution >= 0.6 is 0 Å². The molecular weight excluding hydrogens is 308 g/mol. The van der Waals surface area contributed by atoms with Crippen LogP contribution in [0.15, 0.2) is 18.5 Å². The first-order chi connectivity index (χ1) is 11.6. The molecule has 3 aliphatic heterocycles. The van der Waals surface area contributed by atoms with Crippen molar-refractivity contribution in [1.29, 1.82) is 0 Å². The Kier molecular flexibility index (Phi) is 4.04. The second-order valence-electron chi connectivity index (χ2n) is 7.31. The zero-order valence-corrected chi connectivity index (χ0v) is 13.9. The van der Waals surface area contributed by atoms with Crippen molar-refractivity contribution < 1.29 is 14.3 Å². The predicted octanol–water partition coefficient (Wildman–Crippen LogP) is 0.513. The molecule has 7 heteroatoms. The van der Waals surface area contributed by atoms with E-state index in [-0.39, 0.29) is 24.0 Å². The van der Waals surface area contributed by atoms with Crippen molar-refractivity contribution >= 4 is 11.8 Å². The van der Waals surface area contributed by atoms with Crippen LogP contribution in [0.1, 0.15) is 25.7 Å². The van der Waals surface area contributed by atoms with E-state index >= 15 is 0 Å². The first kappa shape index (κ1) is 15.6. The van der Waals surface area contributed by atoms with Gasteiger partial charge in [0.1, 0.15) is 12.1 Å². The number of carbonyl (C=O) groups excluding carboxylic acids is 2. The molecule has 3 fully saturated rings. The third-order valence-corrected chi connectivity index (χ3v) is 5.38. The number of likely N-dealkylation sites (tertiary alicyclic amines) is 2. The van der Waals surface area contributed by atoms with Gasteiger partial charge in [-0.15, -0.1) is 0 Å². The van der Waals surface area contributed by atoms with Gasteiger partial charge in [0, 0.05) is 31.9 Å². The molecule has 0 N–H and O–H groups in total. The van der Waals surface area contributed by atoms with Crippen LogP contribution in [0.3, 0.4) is 0 Å². The van der Waals surface area contributed by atoms with Crippen molar-refractivity contribution in [2.75, 3.05) is 32.8 Å². The minimum Gasteiger partial charge on any atom is -0.371 e. The first-order valence-corrected chi connectivity index (χ1v) is 8.80. The summed E-state index contributed by atoms with van der Waals surface area (Å²) in [5, 5.41) is 4.06. The van der Waals surface area contributed by atoms with Crippen LogP contribution in [0.5, 0.6) is 0 Å². The quantitative estimate of drug-likeness (QED) is 0.806. The van der Waals surface area contributed by atoms with E-state index in [2.05, 4.69) is 5.10 Å². The van der Waals surface area contributed by atoms with Crippen LogP contribution in [0.2, 0.25) is 0 Å². The Morgan fingerprint density at radius 2 is 1.96 bits per heavy atom. The molecule has 4 rings (SSSR count). The lowest BCUT2D eigenvalue weighted by molar-refractivity contribution is -0.158. The molecule has 4 heterocycles. The highest BCUT2D eigenvalue weighted by atomic mass is 16.5. The molecule has 1 aromatic rings. The van der Waals surface area contributed by atoms with Crippen molar-refractivity contribution in [3.05, 3.63) is 18.5 Å². The molecule has 1 atom stereocenters. The normalized spacial score (nSPS) is 25.2. The number of ether oxygens (including phenoxy) is 1. The molecule has 1 aromatic heterocycles. The van der Waals surface area contributed by atoms with E-state index in [1.165, 1.54) is 0 Å². The average Bonchev–Trinajstić information content (AvgIpc) is 3.27.